The highest BCUT2D eigenvalue weighted by atomic mass is 35.5. The van der Waals surface area contributed by atoms with Gasteiger partial charge in [0.15, 0.2) is 11.5 Å². The maximum Gasteiger partial charge on any atom is 0.264 e. The first-order valence-corrected chi connectivity index (χ1v) is 17.0. The minimum Gasteiger partial charge on any atom is -0.486 e. The molecule has 13 heteroatoms. The zero-order valence-corrected chi connectivity index (χ0v) is 27.7. The van der Waals surface area contributed by atoms with Crippen molar-refractivity contribution in [3.8, 4) is 11.5 Å². The van der Waals surface area contributed by atoms with Crippen LogP contribution in [0.2, 0.25) is 10.0 Å². The van der Waals surface area contributed by atoms with Gasteiger partial charge in [0.2, 0.25) is 11.8 Å². The molecule has 0 spiro atoms. The van der Waals surface area contributed by atoms with E-state index in [4.69, 9.17) is 32.7 Å². The van der Waals surface area contributed by atoms with Gasteiger partial charge < -0.3 is 19.7 Å². The summed E-state index contributed by atoms with van der Waals surface area (Å²) >= 11 is 13.0. The molecule has 0 unspecified atom stereocenters. The summed E-state index contributed by atoms with van der Waals surface area (Å²) < 4.78 is 54.6. The third-order valence-electron chi connectivity index (χ3n) is 7.51. The Kier molecular flexibility index (Phi) is 10.9. The summed E-state index contributed by atoms with van der Waals surface area (Å²) in [6, 6.07) is 21.8. The first kappa shape index (κ1) is 34.0. The molecular weight excluding hydrogens is 668 g/mol. The number of sulfonamides is 1. The summed E-state index contributed by atoms with van der Waals surface area (Å²) in [7, 11) is -4.46. The number of anilines is 1. The number of amides is 2. The molecule has 0 bridgehead atoms. The van der Waals surface area contributed by atoms with Crippen LogP contribution in [-0.2, 0) is 32.6 Å². The standard InChI is InChI=1S/C34H32Cl2FN3O6S/c1-2-38-34(42)30(19-23-7-4-3-5-8-23)39(21-27-28(35)9-6-10-29(27)36)33(41)22-40(25-13-11-24(37)12-14-25)47(43,44)26-15-16-31-32(20-26)46-18-17-45-31/h3-16,20,30H,2,17-19,21-22H2,1H3,(H,38,42)/t30-/m0/s1. The fourth-order valence-corrected chi connectivity index (χ4v) is 7.09. The summed E-state index contributed by atoms with van der Waals surface area (Å²) in [5, 5.41) is 3.33. The molecule has 0 saturated heterocycles. The molecule has 0 fully saturated rings. The smallest absolute Gasteiger partial charge is 0.264 e. The number of hydrogen-bond donors (Lipinski definition) is 1. The van der Waals surface area contributed by atoms with Gasteiger partial charge in [-0.3, -0.25) is 13.9 Å². The van der Waals surface area contributed by atoms with Gasteiger partial charge in [0.1, 0.15) is 31.6 Å². The first-order valence-electron chi connectivity index (χ1n) is 14.8. The number of benzene rings is 4. The fourth-order valence-electron chi connectivity index (χ4n) is 5.15. The van der Waals surface area contributed by atoms with Crippen LogP contribution in [0.5, 0.6) is 11.5 Å². The van der Waals surface area contributed by atoms with Gasteiger partial charge >= 0.3 is 0 Å². The highest BCUT2D eigenvalue weighted by Gasteiger charge is 2.35. The lowest BCUT2D eigenvalue weighted by atomic mass is 10.0. The van der Waals surface area contributed by atoms with E-state index in [2.05, 4.69) is 5.32 Å². The minimum absolute atomic E-state index is 0.0305. The average molecular weight is 701 g/mol. The second-order valence-corrected chi connectivity index (χ2v) is 13.3. The van der Waals surface area contributed by atoms with E-state index in [1.165, 1.54) is 35.2 Å². The molecule has 9 nitrogen and oxygen atoms in total. The monoisotopic (exact) mass is 699 g/mol. The zero-order valence-electron chi connectivity index (χ0n) is 25.4. The van der Waals surface area contributed by atoms with Crippen LogP contribution in [0.25, 0.3) is 0 Å². The Balaban J connectivity index is 1.59. The number of nitrogens with zero attached hydrogens (tertiary/aromatic N) is 2. The predicted octanol–water partition coefficient (Wildman–Crippen LogP) is 5.88. The zero-order chi connectivity index (χ0) is 33.6. The van der Waals surface area contributed by atoms with E-state index in [0.717, 1.165) is 22.0 Å². The van der Waals surface area contributed by atoms with Crippen molar-refractivity contribution in [2.24, 2.45) is 0 Å². The van der Waals surface area contributed by atoms with Crippen LogP contribution in [0.1, 0.15) is 18.1 Å². The molecule has 4 aromatic carbocycles. The minimum atomic E-state index is -4.46. The summed E-state index contributed by atoms with van der Waals surface area (Å²) in [6.45, 7) is 1.65. The number of carbonyl (C=O) groups is 2. The molecule has 47 heavy (non-hydrogen) atoms. The summed E-state index contributed by atoms with van der Waals surface area (Å²) in [6.07, 6.45) is 0.117. The van der Waals surface area contributed by atoms with Gasteiger partial charge in [0, 0.05) is 41.2 Å². The number of ether oxygens (including phenoxy) is 2. The lowest BCUT2D eigenvalue weighted by Gasteiger charge is -2.34. The molecule has 1 aliphatic rings. The van der Waals surface area contributed by atoms with E-state index in [0.29, 0.717) is 24.5 Å². The number of halogens is 3. The van der Waals surface area contributed by atoms with Crippen LogP contribution in [0.3, 0.4) is 0 Å². The number of fused-ring (bicyclic) bond motifs is 1. The van der Waals surface area contributed by atoms with Crippen LogP contribution < -0.4 is 19.1 Å². The molecule has 2 amide bonds. The fraction of sp³-hybridized carbons (Fsp3) is 0.235. The highest BCUT2D eigenvalue weighted by molar-refractivity contribution is 7.92. The van der Waals surface area contributed by atoms with Crippen LogP contribution in [0, 0.1) is 5.82 Å². The van der Waals surface area contributed by atoms with Crippen LogP contribution in [-0.4, -0.2) is 57.5 Å². The van der Waals surface area contributed by atoms with Gasteiger partial charge in [0.25, 0.3) is 10.0 Å². The quantitative estimate of drug-likeness (QED) is 0.198. The Labute approximate surface area is 282 Å². The number of nitrogens with one attached hydrogen (secondary N) is 1. The maximum atomic E-state index is 14.5. The molecule has 0 radical (unpaired) electrons. The van der Waals surface area contributed by atoms with Crippen LogP contribution in [0.15, 0.2) is 95.9 Å². The molecule has 1 heterocycles. The van der Waals surface area contributed by atoms with Gasteiger partial charge in [-0.05, 0) is 61.0 Å². The van der Waals surface area contributed by atoms with Crippen molar-refractivity contribution >= 4 is 50.7 Å². The van der Waals surface area contributed by atoms with Gasteiger partial charge in [-0.15, -0.1) is 0 Å². The van der Waals surface area contributed by atoms with Gasteiger partial charge in [-0.25, -0.2) is 12.8 Å². The van der Waals surface area contributed by atoms with Crippen LogP contribution >= 0.6 is 23.2 Å². The second-order valence-electron chi connectivity index (χ2n) is 10.6. The second kappa shape index (κ2) is 15.1. The molecule has 0 saturated carbocycles. The lowest BCUT2D eigenvalue weighted by Crippen LogP contribution is -2.53. The molecule has 0 aromatic heterocycles. The third kappa shape index (κ3) is 7.98. The van der Waals surface area contributed by atoms with Gasteiger partial charge in [-0.2, -0.15) is 0 Å². The van der Waals surface area contributed by atoms with Crippen molar-refractivity contribution in [1.29, 1.82) is 0 Å². The molecule has 1 N–H and O–H groups in total. The maximum absolute atomic E-state index is 14.5. The number of hydrogen-bond acceptors (Lipinski definition) is 6. The van der Waals surface area contributed by atoms with E-state index in [1.54, 1.807) is 25.1 Å². The van der Waals surface area contributed by atoms with E-state index in [9.17, 15) is 22.4 Å². The topological polar surface area (TPSA) is 105 Å². The van der Waals surface area contributed by atoms with Crippen molar-refractivity contribution in [3.05, 3.63) is 118 Å². The van der Waals surface area contributed by atoms with Crippen LogP contribution in [0.4, 0.5) is 10.1 Å². The molecule has 246 valence electrons. The number of likely N-dealkylation sites (N-methyl/N-ethyl adjacent to an activating group) is 1. The predicted molar refractivity (Wildman–Crippen MR) is 178 cm³/mol. The molecule has 1 atom stereocenters. The normalized spacial score (nSPS) is 13.0. The van der Waals surface area contributed by atoms with E-state index >= 15 is 0 Å². The Hall–Kier alpha value is -4.32. The van der Waals surface area contributed by atoms with Gasteiger partial charge in [0.05, 0.1) is 10.6 Å². The summed E-state index contributed by atoms with van der Waals surface area (Å²) in [4.78, 5) is 29.2. The van der Waals surface area contributed by atoms with E-state index in [-0.39, 0.29) is 46.0 Å². The Morgan fingerprint density at radius 1 is 0.894 bits per heavy atom. The van der Waals surface area contributed by atoms with Crippen molar-refractivity contribution < 1.29 is 31.9 Å². The summed E-state index contributed by atoms with van der Waals surface area (Å²) in [5.74, 6) is -1.15. The Morgan fingerprint density at radius 3 is 2.21 bits per heavy atom. The van der Waals surface area contributed by atoms with Crippen molar-refractivity contribution in [3.63, 3.8) is 0 Å². The highest BCUT2D eigenvalue weighted by Crippen LogP contribution is 2.35. The molecule has 1 aliphatic heterocycles. The van der Waals surface area contributed by atoms with E-state index in [1.807, 2.05) is 30.3 Å². The Bertz CT molecular complexity index is 1820. The largest absolute Gasteiger partial charge is 0.486 e. The number of carbonyl (C=O) groups excluding carboxylic acids is 2. The summed E-state index contributed by atoms with van der Waals surface area (Å²) in [5.41, 5.74) is 1.18. The SMILES string of the molecule is CCNC(=O)[C@H](Cc1ccccc1)N(Cc1c(Cl)cccc1Cl)C(=O)CN(c1ccc(F)cc1)S(=O)(=O)c1ccc2c(c1)OCCO2. The number of rotatable bonds is 12. The molecule has 4 aromatic rings. The molecule has 5 rings (SSSR count). The van der Waals surface area contributed by atoms with Crippen molar-refractivity contribution in [2.45, 2.75) is 30.8 Å². The lowest BCUT2D eigenvalue weighted by molar-refractivity contribution is -0.140. The third-order valence-corrected chi connectivity index (χ3v) is 9.99. The van der Waals surface area contributed by atoms with Gasteiger partial charge in [-0.1, -0.05) is 59.6 Å². The molecule has 0 aliphatic carbocycles. The van der Waals surface area contributed by atoms with E-state index < -0.39 is 40.2 Å². The Morgan fingerprint density at radius 2 is 1.55 bits per heavy atom. The average Bonchev–Trinajstić information content (AvgIpc) is 3.07. The van der Waals surface area contributed by atoms with Crippen molar-refractivity contribution in [1.82, 2.24) is 10.2 Å². The first-order chi connectivity index (χ1) is 22.6. The molecular formula is C34H32Cl2FN3O6S. The van der Waals surface area contributed by atoms with Crippen molar-refractivity contribution in [2.75, 3.05) is 30.6 Å².